The molecule has 0 aliphatic rings. The van der Waals surface area contributed by atoms with E-state index in [9.17, 15) is 14.0 Å². The van der Waals surface area contributed by atoms with Gasteiger partial charge in [0.1, 0.15) is 12.4 Å². The number of benzene rings is 1. The molecule has 1 aromatic heterocycles. The van der Waals surface area contributed by atoms with E-state index >= 15 is 0 Å². The highest BCUT2D eigenvalue weighted by atomic mass is 19.1. The van der Waals surface area contributed by atoms with E-state index in [2.05, 4.69) is 5.32 Å². The van der Waals surface area contributed by atoms with Gasteiger partial charge in [-0.05, 0) is 37.3 Å². The number of halogens is 1. The lowest BCUT2D eigenvalue weighted by atomic mass is 10.2. The molecule has 0 spiro atoms. The molecule has 2 rings (SSSR count). The molecule has 0 bridgehead atoms. The average molecular weight is 289 g/mol. The van der Waals surface area contributed by atoms with Crippen molar-refractivity contribution in [1.29, 1.82) is 0 Å². The Hall–Kier alpha value is -2.47. The number of amides is 1. The third-order valence-electron chi connectivity index (χ3n) is 3.12. The number of hydrogen-bond donors (Lipinski definition) is 2. The number of nitrogens with zero attached hydrogens (tertiary/aromatic N) is 1. The lowest BCUT2D eigenvalue weighted by Gasteiger charge is -2.11. The van der Waals surface area contributed by atoms with Gasteiger partial charge in [0, 0.05) is 23.5 Å². The normalized spacial score (nSPS) is 10.4. The minimum atomic E-state index is -0.379. The van der Waals surface area contributed by atoms with Crippen molar-refractivity contribution in [3.8, 4) is 0 Å². The number of aryl methyl sites for hydroxylation is 1. The molecular weight excluding hydrogens is 273 g/mol. The zero-order valence-corrected chi connectivity index (χ0v) is 11.6. The van der Waals surface area contributed by atoms with Crippen LogP contribution in [0.2, 0.25) is 0 Å². The summed E-state index contributed by atoms with van der Waals surface area (Å²) in [5.41, 5.74) is 6.82. The summed E-state index contributed by atoms with van der Waals surface area (Å²) in [6.45, 7) is 1.75. The lowest BCUT2D eigenvalue weighted by Crippen LogP contribution is -2.31. The number of carbonyl (C=O) groups is 1. The summed E-state index contributed by atoms with van der Waals surface area (Å²) in [5.74, 6) is -0.739. The van der Waals surface area contributed by atoms with E-state index < -0.39 is 0 Å². The molecule has 0 unspecified atom stereocenters. The third kappa shape index (κ3) is 3.55. The van der Waals surface area contributed by atoms with Crippen molar-refractivity contribution in [2.24, 2.45) is 5.73 Å². The molecule has 110 valence electrons. The number of anilines is 1. The maximum Gasteiger partial charge on any atom is 0.255 e. The van der Waals surface area contributed by atoms with Gasteiger partial charge < -0.3 is 15.6 Å². The second kappa shape index (κ2) is 6.32. The van der Waals surface area contributed by atoms with Crippen LogP contribution in [-0.4, -0.2) is 10.5 Å². The number of rotatable bonds is 4. The average Bonchev–Trinajstić information content (AvgIpc) is 2.46. The Bertz CT molecular complexity index is 708. The zero-order chi connectivity index (χ0) is 15.4. The van der Waals surface area contributed by atoms with Gasteiger partial charge in [-0.2, -0.15) is 0 Å². The minimum Gasteiger partial charge on any atom is -0.326 e. The van der Waals surface area contributed by atoms with Crippen LogP contribution in [0.1, 0.15) is 11.3 Å². The third-order valence-corrected chi connectivity index (χ3v) is 3.12. The molecule has 0 saturated carbocycles. The maximum atomic E-state index is 12.8. The molecule has 0 aliphatic heterocycles. The van der Waals surface area contributed by atoms with E-state index in [-0.39, 0.29) is 30.4 Å². The summed E-state index contributed by atoms with van der Waals surface area (Å²) < 4.78 is 14.2. The molecule has 2 aromatic rings. The topological polar surface area (TPSA) is 77.1 Å². The molecule has 0 atom stereocenters. The fraction of sp³-hybridized carbons (Fsp3) is 0.200. The molecule has 5 nitrogen and oxygen atoms in total. The summed E-state index contributed by atoms with van der Waals surface area (Å²) in [5, 5.41) is 2.61. The first-order valence-electron chi connectivity index (χ1n) is 6.46. The number of aromatic nitrogens is 1. The van der Waals surface area contributed by atoms with Crippen molar-refractivity contribution in [3.63, 3.8) is 0 Å². The second-order valence-electron chi connectivity index (χ2n) is 4.65. The molecule has 6 heteroatoms. The van der Waals surface area contributed by atoms with Gasteiger partial charge in [0.2, 0.25) is 5.91 Å². The molecule has 0 fully saturated rings. The van der Waals surface area contributed by atoms with Gasteiger partial charge >= 0.3 is 0 Å². The molecule has 0 aliphatic carbocycles. The number of nitrogens with one attached hydrogen (secondary N) is 1. The van der Waals surface area contributed by atoms with Crippen molar-refractivity contribution in [2.45, 2.75) is 20.0 Å². The predicted octanol–water partition coefficient (Wildman–Crippen LogP) is 1.39. The Morgan fingerprint density at radius 1 is 1.24 bits per heavy atom. The minimum absolute atomic E-state index is 0.115. The quantitative estimate of drug-likeness (QED) is 0.893. The highest BCUT2D eigenvalue weighted by molar-refractivity contribution is 5.90. The van der Waals surface area contributed by atoms with Crippen LogP contribution in [0.5, 0.6) is 0 Å². The summed E-state index contributed by atoms with van der Waals surface area (Å²) in [6.07, 6.45) is 0. The molecule has 21 heavy (non-hydrogen) atoms. The maximum absolute atomic E-state index is 12.8. The molecule has 1 heterocycles. The molecule has 1 aromatic carbocycles. The van der Waals surface area contributed by atoms with Gasteiger partial charge in [0.25, 0.3) is 5.56 Å². The van der Waals surface area contributed by atoms with Crippen LogP contribution in [0.15, 0.2) is 41.2 Å². The number of nitrogens with two attached hydrogens (primary N) is 1. The van der Waals surface area contributed by atoms with Crippen LogP contribution in [-0.2, 0) is 17.9 Å². The number of carbonyl (C=O) groups excluding carboxylic acids is 1. The first-order chi connectivity index (χ1) is 10.0. The van der Waals surface area contributed by atoms with Gasteiger partial charge in [-0.25, -0.2) is 4.39 Å². The van der Waals surface area contributed by atoms with E-state index in [0.29, 0.717) is 16.9 Å². The summed E-state index contributed by atoms with van der Waals surface area (Å²) in [7, 11) is 0. The van der Waals surface area contributed by atoms with Gasteiger partial charge in [0.05, 0.1) is 0 Å². The summed E-state index contributed by atoms with van der Waals surface area (Å²) in [6, 6.07) is 8.82. The second-order valence-corrected chi connectivity index (χ2v) is 4.65. The van der Waals surface area contributed by atoms with Gasteiger partial charge in [-0.3, -0.25) is 9.59 Å². The van der Waals surface area contributed by atoms with Gasteiger partial charge in [-0.15, -0.1) is 0 Å². The van der Waals surface area contributed by atoms with Crippen LogP contribution in [0, 0.1) is 12.7 Å². The highest BCUT2D eigenvalue weighted by Crippen LogP contribution is 2.08. The van der Waals surface area contributed by atoms with Crippen molar-refractivity contribution < 1.29 is 9.18 Å². The Kier molecular flexibility index (Phi) is 4.49. The molecule has 3 N–H and O–H groups in total. The van der Waals surface area contributed by atoms with E-state index in [1.807, 2.05) is 0 Å². The van der Waals surface area contributed by atoms with E-state index in [1.54, 1.807) is 19.1 Å². The van der Waals surface area contributed by atoms with Crippen molar-refractivity contribution in [3.05, 3.63) is 63.8 Å². The first kappa shape index (κ1) is 14.9. The van der Waals surface area contributed by atoms with Crippen LogP contribution in [0.25, 0.3) is 0 Å². The Labute approximate surface area is 121 Å². The van der Waals surface area contributed by atoms with Crippen LogP contribution >= 0.6 is 0 Å². The van der Waals surface area contributed by atoms with Crippen molar-refractivity contribution in [2.75, 3.05) is 5.32 Å². The van der Waals surface area contributed by atoms with Crippen molar-refractivity contribution >= 4 is 11.6 Å². The Morgan fingerprint density at radius 3 is 2.52 bits per heavy atom. The fourth-order valence-electron chi connectivity index (χ4n) is 1.95. The lowest BCUT2D eigenvalue weighted by molar-refractivity contribution is -0.116. The predicted molar refractivity (Wildman–Crippen MR) is 78.4 cm³/mol. The fourth-order valence-corrected chi connectivity index (χ4v) is 1.95. The van der Waals surface area contributed by atoms with Crippen LogP contribution in [0.3, 0.4) is 0 Å². The first-order valence-corrected chi connectivity index (χ1v) is 6.46. The largest absolute Gasteiger partial charge is 0.326 e. The number of pyridine rings is 1. The van der Waals surface area contributed by atoms with Gasteiger partial charge in [-0.1, -0.05) is 6.07 Å². The van der Waals surface area contributed by atoms with E-state index in [0.717, 1.165) is 0 Å². The van der Waals surface area contributed by atoms with Crippen LogP contribution in [0.4, 0.5) is 10.1 Å². The molecule has 1 amide bonds. The highest BCUT2D eigenvalue weighted by Gasteiger charge is 2.10. The standard InChI is InChI=1S/C15H16FN3O2/c1-10-2-3-11(8-17)15(21)19(10)9-14(20)18-13-6-4-12(16)5-7-13/h2-7H,8-9,17H2,1H3,(H,18,20). The smallest absolute Gasteiger partial charge is 0.255 e. The summed E-state index contributed by atoms with van der Waals surface area (Å²) in [4.78, 5) is 24.1. The van der Waals surface area contributed by atoms with E-state index in [4.69, 9.17) is 5.73 Å². The van der Waals surface area contributed by atoms with Gasteiger partial charge in [0.15, 0.2) is 0 Å². The zero-order valence-electron chi connectivity index (χ0n) is 11.6. The Balaban J connectivity index is 2.16. The van der Waals surface area contributed by atoms with Crippen LogP contribution < -0.4 is 16.6 Å². The SMILES string of the molecule is Cc1ccc(CN)c(=O)n1CC(=O)Nc1ccc(F)cc1. The number of hydrogen-bond acceptors (Lipinski definition) is 3. The Morgan fingerprint density at radius 2 is 1.90 bits per heavy atom. The molecule has 0 radical (unpaired) electrons. The molecule has 0 saturated heterocycles. The monoisotopic (exact) mass is 289 g/mol. The summed E-state index contributed by atoms with van der Waals surface area (Å²) >= 11 is 0. The molecular formula is C15H16FN3O2. The van der Waals surface area contributed by atoms with E-state index in [1.165, 1.54) is 28.8 Å². The van der Waals surface area contributed by atoms with Crippen molar-refractivity contribution in [1.82, 2.24) is 4.57 Å².